The molecule has 0 unspecified atom stereocenters. The molecule has 7 heteroatoms. The van der Waals surface area contributed by atoms with Gasteiger partial charge in [-0.05, 0) is 35.8 Å². The Morgan fingerprint density at radius 1 is 1.56 bits per heavy atom. The van der Waals surface area contributed by atoms with Crippen LogP contribution in [0.15, 0.2) is 22.7 Å². The van der Waals surface area contributed by atoms with Gasteiger partial charge in [-0.3, -0.25) is 14.9 Å². The molecule has 0 radical (unpaired) electrons. The largest absolute Gasteiger partial charge is 0.324 e. The van der Waals surface area contributed by atoms with Crippen LogP contribution < -0.4 is 5.32 Å². The zero-order chi connectivity index (χ0) is 13.9. The zero-order valence-electron chi connectivity index (χ0n) is 9.73. The number of nitro benzene ring substituents is 1. The average molecular weight is 312 g/mol. The summed E-state index contributed by atoms with van der Waals surface area (Å²) in [6.07, 6.45) is 0. The van der Waals surface area contributed by atoms with Gasteiger partial charge in [0, 0.05) is 16.6 Å². The maximum Gasteiger partial charge on any atom is 0.270 e. The van der Waals surface area contributed by atoms with Crippen LogP contribution in [0.5, 0.6) is 0 Å². The molecule has 0 saturated heterocycles. The fraction of sp³-hybridized carbons (Fsp3) is 0.273. The summed E-state index contributed by atoms with van der Waals surface area (Å²) in [5, 5.41) is 21.9. The van der Waals surface area contributed by atoms with Crippen molar-refractivity contribution in [3.63, 3.8) is 0 Å². The molecule has 1 amide bonds. The van der Waals surface area contributed by atoms with Gasteiger partial charge in [0.25, 0.3) is 5.69 Å². The second-order valence-electron chi connectivity index (χ2n) is 4.11. The van der Waals surface area contributed by atoms with E-state index in [4.69, 9.17) is 5.26 Å². The lowest BCUT2D eigenvalue weighted by Crippen LogP contribution is -2.29. The zero-order valence-corrected chi connectivity index (χ0v) is 11.3. The lowest BCUT2D eigenvalue weighted by atomic mass is 9.94. The first kappa shape index (κ1) is 14.1. The maximum absolute atomic E-state index is 11.7. The van der Waals surface area contributed by atoms with E-state index in [2.05, 4.69) is 21.2 Å². The van der Waals surface area contributed by atoms with Crippen molar-refractivity contribution in [3.05, 3.63) is 32.8 Å². The number of non-ortho nitro benzene ring substituents is 1. The van der Waals surface area contributed by atoms with Crippen LogP contribution in [0.2, 0.25) is 0 Å². The van der Waals surface area contributed by atoms with Crippen LogP contribution in [0.1, 0.15) is 13.8 Å². The molecule has 1 aromatic rings. The van der Waals surface area contributed by atoms with E-state index < -0.39 is 16.2 Å². The molecule has 1 aromatic carbocycles. The van der Waals surface area contributed by atoms with Crippen molar-refractivity contribution in [2.45, 2.75) is 13.8 Å². The van der Waals surface area contributed by atoms with E-state index in [-0.39, 0.29) is 5.69 Å². The van der Waals surface area contributed by atoms with Crippen LogP contribution in [0.25, 0.3) is 0 Å². The summed E-state index contributed by atoms with van der Waals surface area (Å²) in [5.74, 6) is -0.473. The highest BCUT2D eigenvalue weighted by molar-refractivity contribution is 9.10. The van der Waals surface area contributed by atoms with Gasteiger partial charge in [0.05, 0.1) is 16.7 Å². The number of nitrogens with zero attached hydrogens (tertiary/aromatic N) is 2. The van der Waals surface area contributed by atoms with E-state index in [1.54, 1.807) is 0 Å². The second kappa shape index (κ2) is 5.14. The van der Waals surface area contributed by atoms with Crippen LogP contribution >= 0.6 is 15.9 Å². The van der Waals surface area contributed by atoms with Crippen LogP contribution in [-0.4, -0.2) is 10.8 Å². The van der Waals surface area contributed by atoms with E-state index in [0.717, 1.165) is 0 Å². The Labute approximate surface area is 112 Å². The van der Waals surface area contributed by atoms with Gasteiger partial charge in [-0.2, -0.15) is 5.26 Å². The third kappa shape index (κ3) is 3.05. The number of rotatable bonds is 3. The number of carbonyl (C=O) groups is 1. The Kier molecular flexibility index (Phi) is 4.03. The highest BCUT2D eigenvalue weighted by Gasteiger charge is 2.27. The van der Waals surface area contributed by atoms with Gasteiger partial charge in [0.15, 0.2) is 0 Å². The van der Waals surface area contributed by atoms with E-state index in [9.17, 15) is 14.9 Å². The first-order valence-corrected chi connectivity index (χ1v) is 5.74. The monoisotopic (exact) mass is 311 g/mol. The van der Waals surface area contributed by atoms with E-state index >= 15 is 0 Å². The number of halogens is 1. The molecule has 0 atom stereocenters. The summed E-state index contributed by atoms with van der Waals surface area (Å²) in [7, 11) is 0. The molecule has 6 nitrogen and oxygen atoms in total. The van der Waals surface area contributed by atoms with Gasteiger partial charge in [-0.15, -0.1) is 0 Å². The van der Waals surface area contributed by atoms with E-state index in [1.165, 1.54) is 32.0 Å². The van der Waals surface area contributed by atoms with Crippen molar-refractivity contribution in [1.82, 2.24) is 0 Å². The fourth-order valence-corrected chi connectivity index (χ4v) is 1.51. The number of nitrogens with one attached hydrogen (secondary N) is 1. The summed E-state index contributed by atoms with van der Waals surface area (Å²) >= 11 is 3.13. The van der Waals surface area contributed by atoms with Gasteiger partial charge in [-0.25, -0.2) is 0 Å². The first-order valence-electron chi connectivity index (χ1n) is 4.94. The molecule has 0 bridgehead atoms. The number of carbonyl (C=O) groups excluding carboxylic acids is 1. The molecule has 0 spiro atoms. The maximum atomic E-state index is 11.7. The second-order valence-corrected chi connectivity index (χ2v) is 4.97. The molecule has 0 aliphatic rings. The third-order valence-corrected chi connectivity index (χ3v) is 2.91. The SMILES string of the molecule is CC(C)(C#N)C(=O)Nc1ccc([N+](=O)[O-])cc1Br. The number of nitriles is 1. The lowest BCUT2D eigenvalue weighted by Gasteiger charge is -2.15. The summed E-state index contributed by atoms with van der Waals surface area (Å²) in [6, 6.07) is 5.85. The normalized spacial score (nSPS) is 10.6. The fourth-order valence-electron chi connectivity index (χ4n) is 1.05. The van der Waals surface area contributed by atoms with Crippen molar-refractivity contribution in [2.75, 3.05) is 5.32 Å². The summed E-state index contributed by atoms with van der Waals surface area (Å²) in [6.45, 7) is 2.98. The predicted octanol–water partition coefficient (Wildman–Crippen LogP) is 2.85. The van der Waals surface area contributed by atoms with Crippen molar-refractivity contribution < 1.29 is 9.72 Å². The van der Waals surface area contributed by atoms with E-state index in [0.29, 0.717) is 10.2 Å². The number of anilines is 1. The topological polar surface area (TPSA) is 96.0 Å². The van der Waals surface area contributed by atoms with Crippen molar-refractivity contribution in [2.24, 2.45) is 5.41 Å². The molecule has 0 aliphatic carbocycles. The Morgan fingerprint density at radius 2 is 2.17 bits per heavy atom. The number of amides is 1. The van der Waals surface area contributed by atoms with Gasteiger partial charge < -0.3 is 5.32 Å². The number of benzene rings is 1. The predicted molar refractivity (Wildman–Crippen MR) is 68.8 cm³/mol. The molecule has 94 valence electrons. The minimum atomic E-state index is -1.17. The van der Waals surface area contributed by atoms with Crippen molar-refractivity contribution >= 4 is 33.2 Å². The van der Waals surface area contributed by atoms with Gasteiger partial charge >= 0.3 is 0 Å². The standard InChI is InChI=1S/C11H10BrN3O3/c1-11(2,6-13)10(16)14-9-4-3-7(15(17)18)5-8(9)12/h3-5H,1-2H3,(H,14,16). The number of nitro groups is 1. The Balaban J connectivity index is 2.98. The molecule has 1 rings (SSSR count). The smallest absolute Gasteiger partial charge is 0.270 e. The Hall–Kier alpha value is -1.94. The first-order chi connectivity index (χ1) is 8.27. The third-order valence-electron chi connectivity index (χ3n) is 2.26. The van der Waals surface area contributed by atoms with E-state index in [1.807, 2.05) is 6.07 Å². The molecule has 1 N–H and O–H groups in total. The molecule has 0 heterocycles. The molecule has 0 aromatic heterocycles. The molecular formula is C11H10BrN3O3. The van der Waals surface area contributed by atoms with Crippen LogP contribution in [0.4, 0.5) is 11.4 Å². The Bertz CT molecular complexity index is 549. The Morgan fingerprint density at radius 3 is 2.61 bits per heavy atom. The van der Waals surface area contributed by atoms with Crippen LogP contribution in [-0.2, 0) is 4.79 Å². The highest BCUT2D eigenvalue weighted by atomic mass is 79.9. The quantitative estimate of drug-likeness (QED) is 0.685. The van der Waals surface area contributed by atoms with Crippen LogP contribution in [0, 0.1) is 26.9 Å². The lowest BCUT2D eigenvalue weighted by molar-refractivity contribution is -0.384. The summed E-state index contributed by atoms with van der Waals surface area (Å²) in [4.78, 5) is 21.8. The minimum Gasteiger partial charge on any atom is -0.324 e. The summed E-state index contributed by atoms with van der Waals surface area (Å²) in [5.41, 5.74) is -0.866. The molecule has 0 aliphatic heterocycles. The van der Waals surface area contributed by atoms with Gasteiger partial charge in [-0.1, -0.05) is 0 Å². The highest BCUT2D eigenvalue weighted by Crippen LogP contribution is 2.28. The molecule has 0 saturated carbocycles. The summed E-state index contributed by atoms with van der Waals surface area (Å²) < 4.78 is 0.388. The molecule has 18 heavy (non-hydrogen) atoms. The van der Waals surface area contributed by atoms with Gasteiger partial charge in [0.2, 0.25) is 5.91 Å². The molecule has 0 fully saturated rings. The van der Waals surface area contributed by atoms with Crippen molar-refractivity contribution in [3.8, 4) is 6.07 Å². The van der Waals surface area contributed by atoms with Crippen LogP contribution in [0.3, 0.4) is 0 Å². The van der Waals surface area contributed by atoms with Gasteiger partial charge in [0.1, 0.15) is 5.41 Å². The van der Waals surface area contributed by atoms with Crippen molar-refractivity contribution in [1.29, 1.82) is 5.26 Å². The minimum absolute atomic E-state index is 0.0839. The number of hydrogen-bond donors (Lipinski definition) is 1. The average Bonchev–Trinajstić information content (AvgIpc) is 2.31. The molecular weight excluding hydrogens is 302 g/mol. The number of hydrogen-bond acceptors (Lipinski definition) is 4.